The molecule has 2 aromatic heterocycles. The number of aryl methyl sites for hydroxylation is 2. The second-order valence-electron chi connectivity index (χ2n) is 6.83. The minimum absolute atomic E-state index is 0.114. The predicted molar refractivity (Wildman–Crippen MR) is 106 cm³/mol. The van der Waals surface area contributed by atoms with Crippen LogP contribution < -0.4 is 9.80 Å². The maximum absolute atomic E-state index is 11.0. The summed E-state index contributed by atoms with van der Waals surface area (Å²) in [4.78, 5) is 24.0. The molecule has 1 aliphatic rings. The molecule has 0 N–H and O–H groups in total. The summed E-state index contributed by atoms with van der Waals surface area (Å²) < 4.78 is 1.80. The number of piperazine rings is 1. The number of nitro benzene ring substituents is 1. The average Bonchev–Trinajstić information content (AvgIpc) is 3.06. The van der Waals surface area contributed by atoms with Crippen LogP contribution in [0.25, 0.3) is 5.82 Å². The lowest BCUT2D eigenvalue weighted by atomic mass is 10.2. The fourth-order valence-electron chi connectivity index (χ4n) is 3.46. The Morgan fingerprint density at radius 2 is 1.71 bits per heavy atom. The molecule has 3 aromatic rings. The van der Waals surface area contributed by atoms with Crippen LogP contribution in [0.4, 0.5) is 17.2 Å². The van der Waals surface area contributed by atoms with Crippen molar-refractivity contribution in [2.75, 3.05) is 36.0 Å². The molecule has 0 saturated carbocycles. The Morgan fingerprint density at radius 1 is 1.00 bits per heavy atom. The zero-order valence-electron chi connectivity index (χ0n) is 15.8. The smallest absolute Gasteiger partial charge is 0.271 e. The summed E-state index contributed by atoms with van der Waals surface area (Å²) in [6.45, 7) is 6.98. The van der Waals surface area contributed by atoms with Crippen LogP contribution in [-0.4, -0.2) is 50.9 Å². The van der Waals surface area contributed by atoms with Crippen LogP contribution in [-0.2, 0) is 0 Å². The van der Waals surface area contributed by atoms with Crippen molar-refractivity contribution in [3.8, 4) is 5.82 Å². The van der Waals surface area contributed by atoms with E-state index >= 15 is 0 Å². The highest BCUT2D eigenvalue weighted by molar-refractivity contribution is 5.54. The molecule has 9 nitrogen and oxygen atoms in total. The molecule has 0 unspecified atom stereocenters. The second-order valence-corrected chi connectivity index (χ2v) is 6.83. The summed E-state index contributed by atoms with van der Waals surface area (Å²) in [5.74, 6) is 1.51. The maximum atomic E-state index is 11.0. The van der Waals surface area contributed by atoms with Crippen LogP contribution in [0.3, 0.4) is 0 Å². The summed E-state index contributed by atoms with van der Waals surface area (Å²) >= 11 is 0. The van der Waals surface area contributed by atoms with Crippen molar-refractivity contribution in [3.05, 3.63) is 64.2 Å². The number of hydrogen-bond acceptors (Lipinski definition) is 7. The van der Waals surface area contributed by atoms with E-state index in [2.05, 4.69) is 19.9 Å². The molecule has 1 aliphatic heterocycles. The van der Waals surface area contributed by atoms with Gasteiger partial charge in [0.2, 0.25) is 0 Å². The molecule has 0 aliphatic carbocycles. The van der Waals surface area contributed by atoms with Gasteiger partial charge in [0.1, 0.15) is 5.82 Å². The number of nitrogens with zero attached hydrogens (tertiary/aromatic N) is 7. The van der Waals surface area contributed by atoms with E-state index < -0.39 is 0 Å². The molecule has 0 bridgehead atoms. The second kappa shape index (κ2) is 7.26. The Hall–Kier alpha value is -3.49. The van der Waals surface area contributed by atoms with Gasteiger partial charge in [-0.3, -0.25) is 15.1 Å². The summed E-state index contributed by atoms with van der Waals surface area (Å²) in [6.07, 6.45) is 3.47. The van der Waals surface area contributed by atoms with Crippen molar-refractivity contribution in [2.45, 2.75) is 13.8 Å². The zero-order valence-corrected chi connectivity index (χ0v) is 15.8. The van der Waals surface area contributed by atoms with Gasteiger partial charge in [-0.05, 0) is 26.0 Å². The van der Waals surface area contributed by atoms with Crippen LogP contribution in [0.2, 0.25) is 0 Å². The van der Waals surface area contributed by atoms with Gasteiger partial charge in [0.25, 0.3) is 5.69 Å². The summed E-state index contributed by atoms with van der Waals surface area (Å²) in [6, 6.07) is 8.78. The van der Waals surface area contributed by atoms with Crippen molar-refractivity contribution in [2.24, 2.45) is 0 Å². The number of rotatable bonds is 4. The monoisotopic (exact) mass is 379 g/mol. The number of nitro groups is 1. The average molecular weight is 379 g/mol. The summed E-state index contributed by atoms with van der Waals surface area (Å²) in [5.41, 5.74) is 2.94. The van der Waals surface area contributed by atoms with Gasteiger partial charge in [-0.2, -0.15) is 5.10 Å². The molecule has 0 radical (unpaired) electrons. The zero-order chi connectivity index (χ0) is 19.7. The summed E-state index contributed by atoms with van der Waals surface area (Å²) in [7, 11) is 0. The van der Waals surface area contributed by atoms with Crippen LogP contribution in [0, 0.1) is 24.0 Å². The molecule has 144 valence electrons. The predicted octanol–water partition coefficient (Wildman–Crippen LogP) is 2.51. The lowest BCUT2D eigenvalue weighted by Gasteiger charge is -2.36. The quantitative estimate of drug-likeness (QED) is 0.508. The Labute approximate surface area is 162 Å². The molecule has 28 heavy (non-hydrogen) atoms. The van der Waals surface area contributed by atoms with Gasteiger partial charge in [-0.15, -0.1) is 0 Å². The number of benzene rings is 1. The van der Waals surface area contributed by atoms with Crippen molar-refractivity contribution >= 4 is 17.2 Å². The Kier molecular flexibility index (Phi) is 4.64. The van der Waals surface area contributed by atoms with Crippen LogP contribution in [0.5, 0.6) is 0 Å². The van der Waals surface area contributed by atoms with E-state index in [0.717, 1.165) is 49.1 Å². The first-order chi connectivity index (χ1) is 13.5. The van der Waals surface area contributed by atoms with Crippen molar-refractivity contribution in [1.82, 2.24) is 19.7 Å². The summed E-state index contributed by atoms with van der Waals surface area (Å²) in [5, 5.41) is 15.5. The Morgan fingerprint density at radius 3 is 2.39 bits per heavy atom. The number of non-ortho nitro benzene ring substituents is 1. The highest BCUT2D eigenvalue weighted by Crippen LogP contribution is 2.23. The molecule has 0 spiro atoms. The lowest BCUT2D eigenvalue weighted by Crippen LogP contribution is -2.47. The first-order valence-electron chi connectivity index (χ1n) is 9.11. The normalized spacial score (nSPS) is 14.4. The Bertz CT molecular complexity index is 1010. The van der Waals surface area contributed by atoms with E-state index in [4.69, 9.17) is 4.98 Å². The molecule has 1 fully saturated rings. The first-order valence-corrected chi connectivity index (χ1v) is 9.11. The van der Waals surface area contributed by atoms with Gasteiger partial charge in [-0.25, -0.2) is 9.67 Å². The molecule has 4 rings (SSSR count). The van der Waals surface area contributed by atoms with Gasteiger partial charge >= 0.3 is 0 Å². The lowest BCUT2D eigenvalue weighted by molar-refractivity contribution is -0.384. The third-order valence-electron chi connectivity index (χ3n) is 4.85. The molecule has 1 saturated heterocycles. The largest absolute Gasteiger partial charge is 0.368 e. The third-order valence-corrected chi connectivity index (χ3v) is 4.85. The highest BCUT2D eigenvalue weighted by atomic mass is 16.6. The fraction of sp³-hybridized carbons (Fsp3) is 0.316. The van der Waals surface area contributed by atoms with Crippen LogP contribution >= 0.6 is 0 Å². The van der Waals surface area contributed by atoms with Crippen LogP contribution in [0.1, 0.15) is 11.4 Å². The van der Waals surface area contributed by atoms with Crippen molar-refractivity contribution in [3.63, 3.8) is 0 Å². The van der Waals surface area contributed by atoms with Crippen LogP contribution in [0.15, 0.2) is 42.7 Å². The maximum Gasteiger partial charge on any atom is 0.271 e. The van der Waals surface area contributed by atoms with E-state index in [-0.39, 0.29) is 10.6 Å². The van der Waals surface area contributed by atoms with E-state index in [1.807, 2.05) is 26.0 Å². The van der Waals surface area contributed by atoms with Crippen molar-refractivity contribution in [1.29, 1.82) is 0 Å². The SMILES string of the molecule is Cc1cc(C)n(-c2cncc(N3CCN(c4cccc([N+](=O)[O-])c4)CC3)n2)n1. The standard InChI is InChI=1S/C19H21N7O2/c1-14-10-15(2)25(22-14)19-13-20-12-18(21-19)24-8-6-23(7-9-24)16-4-3-5-17(11-16)26(27)28/h3-5,10-13H,6-9H2,1-2H3. The number of hydrogen-bond donors (Lipinski definition) is 0. The topological polar surface area (TPSA) is 93.2 Å². The minimum atomic E-state index is -0.361. The first kappa shape index (κ1) is 17.9. The highest BCUT2D eigenvalue weighted by Gasteiger charge is 2.20. The van der Waals surface area contributed by atoms with E-state index in [0.29, 0.717) is 5.82 Å². The number of anilines is 2. The molecule has 1 aromatic carbocycles. The Balaban J connectivity index is 1.48. The van der Waals surface area contributed by atoms with Crippen molar-refractivity contribution < 1.29 is 4.92 Å². The number of aromatic nitrogens is 4. The third kappa shape index (κ3) is 3.51. The van der Waals surface area contributed by atoms with Gasteiger partial charge in [0.15, 0.2) is 5.82 Å². The molecule has 0 atom stereocenters. The van der Waals surface area contributed by atoms with Gasteiger partial charge in [0.05, 0.1) is 23.0 Å². The minimum Gasteiger partial charge on any atom is -0.368 e. The van der Waals surface area contributed by atoms with E-state index in [1.165, 1.54) is 6.07 Å². The molecular weight excluding hydrogens is 358 g/mol. The van der Waals surface area contributed by atoms with Gasteiger partial charge in [0, 0.05) is 49.7 Å². The van der Waals surface area contributed by atoms with Gasteiger partial charge < -0.3 is 9.80 Å². The molecule has 0 amide bonds. The fourth-order valence-corrected chi connectivity index (χ4v) is 3.46. The van der Waals surface area contributed by atoms with E-state index in [1.54, 1.807) is 29.2 Å². The molecule has 9 heteroatoms. The van der Waals surface area contributed by atoms with E-state index in [9.17, 15) is 10.1 Å². The molecule has 3 heterocycles. The molecular formula is C19H21N7O2. The van der Waals surface area contributed by atoms with Gasteiger partial charge in [-0.1, -0.05) is 6.07 Å².